The van der Waals surface area contributed by atoms with E-state index in [-0.39, 0.29) is 12.8 Å². The molecular formula is C14H17FO5. The Bertz CT molecular complexity index is 486. The van der Waals surface area contributed by atoms with E-state index in [1.54, 1.807) is 6.07 Å². The number of hydrogen-bond donors (Lipinski definition) is 0. The van der Waals surface area contributed by atoms with Gasteiger partial charge in [0, 0.05) is 6.07 Å². The van der Waals surface area contributed by atoms with Crippen LogP contribution in [0.15, 0.2) is 18.2 Å². The van der Waals surface area contributed by atoms with E-state index < -0.39 is 23.7 Å². The van der Waals surface area contributed by atoms with Gasteiger partial charge < -0.3 is 14.2 Å². The van der Waals surface area contributed by atoms with Crippen LogP contribution in [0.2, 0.25) is 0 Å². The van der Waals surface area contributed by atoms with Gasteiger partial charge in [-0.15, -0.1) is 0 Å². The minimum Gasteiger partial charge on any atom is -0.497 e. The first-order valence-electron chi connectivity index (χ1n) is 5.98. The molecule has 0 fully saturated rings. The zero-order valence-electron chi connectivity index (χ0n) is 11.6. The molecule has 1 aromatic carbocycles. The maximum Gasteiger partial charge on any atom is 0.309 e. The monoisotopic (exact) mass is 284 g/mol. The second-order valence-electron chi connectivity index (χ2n) is 4.16. The fraction of sp³-hybridized carbons (Fsp3) is 0.429. The van der Waals surface area contributed by atoms with Crippen molar-refractivity contribution in [1.29, 1.82) is 0 Å². The van der Waals surface area contributed by atoms with E-state index in [1.807, 2.05) is 0 Å². The molecule has 110 valence electrons. The van der Waals surface area contributed by atoms with Gasteiger partial charge in [-0.1, -0.05) is 6.07 Å². The van der Waals surface area contributed by atoms with Gasteiger partial charge in [0.25, 0.3) is 0 Å². The van der Waals surface area contributed by atoms with Crippen molar-refractivity contribution in [3.63, 3.8) is 0 Å². The van der Waals surface area contributed by atoms with Crippen LogP contribution in [0.25, 0.3) is 0 Å². The summed E-state index contributed by atoms with van der Waals surface area (Å²) < 4.78 is 27.9. The summed E-state index contributed by atoms with van der Waals surface area (Å²) in [5.74, 6) is -2.02. The van der Waals surface area contributed by atoms with Crippen LogP contribution in [0.3, 0.4) is 0 Å². The molecule has 6 heteroatoms. The molecule has 0 amide bonds. The highest BCUT2D eigenvalue weighted by atomic mass is 19.1. The Morgan fingerprint density at radius 3 is 2.40 bits per heavy atom. The molecule has 0 saturated heterocycles. The zero-order chi connectivity index (χ0) is 15.1. The fourth-order valence-corrected chi connectivity index (χ4v) is 1.78. The average molecular weight is 284 g/mol. The van der Waals surface area contributed by atoms with Crippen molar-refractivity contribution < 1.29 is 28.2 Å². The largest absolute Gasteiger partial charge is 0.497 e. The van der Waals surface area contributed by atoms with E-state index in [9.17, 15) is 14.0 Å². The standard InChI is InChI=1S/C14H17FO5/c1-18-11-5-4-9(12(15)8-11)6-10(14(17)20-3)7-13(16)19-2/h4-5,8,10H,6-7H2,1-3H3. The summed E-state index contributed by atoms with van der Waals surface area (Å²) >= 11 is 0. The number of ether oxygens (including phenoxy) is 3. The third kappa shape index (κ3) is 4.22. The highest BCUT2D eigenvalue weighted by molar-refractivity contribution is 5.80. The summed E-state index contributed by atoms with van der Waals surface area (Å²) in [6, 6.07) is 4.33. The molecule has 1 atom stereocenters. The normalized spacial score (nSPS) is 11.6. The average Bonchev–Trinajstić information content (AvgIpc) is 2.47. The Balaban J connectivity index is 2.89. The SMILES string of the molecule is COC(=O)CC(Cc1ccc(OC)cc1F)C(=O)OC. The summed E-state index contributed by atoms with van der Waals surface area (Å²) in [5, 5.41) is 0. The zero-order valence-corrected chi connectivity index (χ0v) is 11.6. The van der Waals surface area contributed by atoms with Crippen molar-refractivity contribution in [3.05, 3.63) is 29.6 Å². The molecule has 5 nitrogen and oxygen atoms in total. The lowest BCUT2D eigenvalue weighted by molar-refractivity contribution is -0.152. The minimum absolute atomic E-state index is 0.0532. The molecule has 1 rings (SSSR count). The van der Waals surface area contributed by atoms with E-state index in [0.29, 0.717) is 11.3 Å². The van der Waals surface area contributed by atoms with Crippen LogP contribution in [0.5, 0.6) is 5.75 Å². The first-order chi connectivity index (χ1) is 9.51. The summed E-state index contributed by atoms with van der Waals surface area (Å²) in [6.07, 6.45) is -0.105. The van der Waals surface area contributed by atoms with Crippen LogP contribution >= 0.6 is 0 Å². The molecule has 0 saturated carbocycles. The molecule has 0 spiro atoms. The van der Waals surface area contributed by atoms with Gasteiger partial charge in [-0.3, -0.25) is 9.59 Å². The van der Waals surface area contributed by atoms with E-state index in [0.717, 1.165) is 0 Å². The minimum atomic E-state index is -0.782. The van der Waals surface area contributed by atoms with Gasteiger partial charge in [0.15, 0.2) is 0 Å². The second kappa shape index (κ2) is 7.47. The van der Waals surface area contributed by atoms with E-state index in [2.05, 4.69) is 9.47 Å². The van der Waals surface area contributed by atoms with Gasteiger partial charge in [0.05, 0.1) is 33.7 Å². The van der Waals surface area contributed by atoms with E-state index >= 15 is 0 Å². The van der Waals surface area contributed by atoms with Gasteiger partial charge in [-0.25, -0.2) is 4.39 Å². The van der Waals surface area contributed by atoms with Gasteiger partial charge >= 0.3 is 11.9 Å². The Labute approximate surface area is 116 Å². The number of carbonyl (C=O) groups excluding carboxylic acids is 2. The molecule has 0 aliphatic carbocycles. The number of esters is 2. The molecular weight excluding hydrogens is 267 g/mol. The number of methoxy groups -OCH3 is 3. The van der Waals surface area contributed by atoms with E-state index in [4.69, 9.17) is 4.74 Å². The molecule has 1 aromatic rings. The lowest BCUT2D eigenvalue weighted by atomic mass is 9.96. The van der Waals surface area contributed by atoms with Crippen molar-refractivity contribution in [1.82, 2.24) is 0 Å². The summed E-state index contributed by atoms with van der Waals surface area (Å²) in [5.41, 5.74) is 0.310. The van der Waals surface area contributed by atoms with Crippen LogP contribution in [0, 0.1) is 11.7 Å². The van der Waals surface area contributed by atoms with Gasteiger partial charge in [-0.05, 0) is 18.1 Å². The molecule has 1 unspecified atom stereocenters. The summed E-state index contributed by atoms with van der Waals surface area (Å²) in [4.78, 5) is 22.9. The Morgan fingerprint density at radius 2 is 1.90 bits per heavy atom. The molecule has 0 aliphatic rings. The maximum atomic E-state index is 13.8. The van der Waals surface area contributed by atoms with Crippen LogP contribution in [-0.2, 0) is 25.5 Å². The van der Waals surface area contributed by atoms with Crippen LogP contribution in [0.4, 0.5) is 4.39 Å². The third-order valence-corrected chi connectivity index (χ3v) is 2.90. The Hall–Kier alpha value is -2.11. The first-order valence-corrected chi connectivity index (χ1v) is 5.98. The lowest BCUT2D eigenvalue weighted by Crippen LogP contribution is -2.23. The number of halogens is 1. The lowest BCUT2D eigenvalue weighted by Gasteiger charge is -2.14. The van der Waals surface area contributed by atoms with E-state index in [1.165, 1.54) is 33.5 Å². The third-order valence-electron chi connectivity index (χ3n) is 2.90. The van der Waals surface area contributed by atoms with Crippen molar-refractivity contribution in [2.75, 3.05) is 21.3 Å². The first kappa shape index (κ1) is 15.9. The van der Waals surface area contributed by atoms with Crippen molar-refractivity contribution >= 4 is 11.9 Å². The summed E-state index contributed by atoms with van der Waals surface area (Å²) in [6.45, 7) is 0. The number of carbonyl (C=O) groups is 2. The molecule has 0 radical (unpaired) electrons. The Morgan fingerprint density at radius 1 is 1.20 bits per heavy atom. The van der Waals surface area contributed by atoms with Gasteiger partial charge in [0.2, 0.25) is 0 Å². The van der Waals surface area contributed by atoms with Crippen LogP contribution in [0.1, 0.15) is 12.0 Å². The van der Waals surface area contributed by atoms with Gasteiger partial charge in [-0.2, -0.15) is 0 Å². The predicted octanol–water partition coefficient (Wildman–Crippen LogP) is 1.73. The molecule has 0 N–H and O–H groups in total. The quantitative estimate of drug-likeness (QED) is 0.744. The predicted molar refractivity (Wildman–Crippen MR) is 68.8 cm³/mol. The number of rotatable bonds is 6. The number of hydrogen-bond acceptors (Lipinski definition) is 5. The smallest absolute Gasteiger partial charge is 0.309 e. The topological polar surface area (TPSA) is 61.8 Å². The summed E-state index contributed by atoms with van der Waals surface area (Å²) in [7, 11) is 3.88. The van der Waals surface area contributed by atoms with Crippen molar-refractivity contribution in [2.24, 2.45) is 5.92 Å². The molecule has 0 aromatic heterocycles. The van der Waals surface area contributed by atoms with Gasteiger partial charge in [0.1, 0.15) is 11.6 Å². The van der Waals surface area contributed by atoms with Crippen LogP contribution < -0.4 is 4.74 Å². The highest BCUT2D eigenvalue weighted by Crippen LogP contribution is 2.21. The number of benzene rings is 1. The fourth-order valence-electron chi connectivity index (χ4n) is 1.78. The van der Waals surface area contributed by atoms with Crippen LogP contribution in [-0.4, -0.2) is 33.3 Å². The van der Waals surface area contributed by atoms with Crippen molar-refractivity contribution in [2.45, 2.75) is 12.8 Å². The Kier molecular flexibility index (Phi) is 5.96. The molecule has 0 aliphatic heterocycles. The maximum absolute atomic E-state index is 13.8. The molecule has 0 heterocycles. The van der Waals surface area contributed by atoms with Crippen molar-refractivity contribution in [3.8, 4) is 5.75 Å². The second-order valence-corrected chi connectivity index (χ2v) is 4.16. The molecule has 20 heavy (non-hydrogen) atoms. The highest BCUT2D eigenvalue weighted by Gasteiger charge is 2.24. The molecule has 0 bridgehead atoms.